The molecule has 0 aromatic heterocycles. The van der Waals surface area contributed by atoms with Crippen LogP contribution in [0.5, 0.6) is 0 Å². The van der Waals surface area contributed by atoms with E-state index in [-0.39, 0.29) is 5.41 Å². The lowest BCUT2D eigenvalue weighted by Crippen LogP contribution is -2.57. The molecule has 136 valence electrons. The number of rotatable bonds is 3. The van der Waals surface area contributed by atoms with Crippen LogP contribution in [0.25, 0.3) is 0 Å². The molecule has 24 heavy (non-hydrogen) atoms. The number of hydrogen-bond donors (Lipinski definition) is 0. The molecule has 0 radical (unpaired) electrons. The van der Waals surface area contributed by atoms with Gasteiger partial charge in [-0.15, -0.1) is 0 Å². The second-order valence-electron chi connectivity index (χ2n) is 9.41. The van der Waals surface area contributed by atoms with E-state index in [9.17, 15) is 4.79 Å². The van der Waals surface area contributed by atoms with Crippen LogP contribution in [-0.2, 0) is 14.3 Å². The Morgan fingerprint density at radius 2 is 1.88 bits per heavy atom. The summed E-state index contributed by atoms with van der Waals surface area (Å²) in [5.74, 6) is 3.46. The highest BCUT2D eigenvalue weighted by Crippen LogP contribution is 2.66. The molecule has 0 aromatic rings. The van der Waals surface area contributed by atoms with Gasteiger partial charge in [-0.2, -0.15) is 0 Å². The first kappa shape index (κ1) is 17.0. The zero-order chi connectivity index (χ0) is 16.9. The van der Waals surface area contributed by atoms with Crippen molar-refractivity contribution in [3.8, 4) is 0 Å². The highest BCUT2D eigenvalue weighted by atomic mass is 16.5. The average Bonchev–Trinajstić information content (AvgIpc) is 2.92. The van der Waals surface area contributed by atoms with Crippen molar-refractivity contribution in [2.75, 3.05) is 20.8 Å². The summed E-state index contributed by atoms with van der Waals surface area (Å²) in [4.78, 5) is 12.1. The van der Waals surface area contributed by atoms with Gasteiger partial charge in [-0.3, -0.25) is 4.79 Å². The lowest BCUT2D eigenvalue weighted by molar-refractivity contribution is -0.160. The summed E-state index contributed by atoms with van der Waals surface area (Å²) in [6.45, 7) is 3.36. The van der Waals surface area contributed by atoms with E-state index in [1.807, 2.05) is 14.2 Å². The van der Waals surface area contributed by atoms with Crippen LogP contribution in [0.1, 0.15) is 64.7 Å². The third-order valence-corrected chi connectivity index (χ3v) is 8.79. The molecule has 3 nitrogen and oxygen atoms in total. The lowest BCUT2D eigenvalue weighted by Gasteiger charge is -2.60. The maximum absolute atomic E-state index is 12.1. The van der Waals surface area contributed by atoms with E-state index in [2.05, 4.69) is 6.92 Å². The van der Waals surface area contributed by atoms with Crippen molar-refractivity contribution >= 4 is 5.78 Å². The van der Waals surface area contributed by atoms with Gasteiger partial charge in [0.15, 0.2) is 0 Å². The van der Waals surface area contributed by atoms with E-state index in [1.54, 1.807) is 0 Å². The number of hydrogen-bond acceptors (Lipinski definition) is 3. The summed E-state index contributed by atoms with van der Waals surface area (Å²) in [7, 11) is 3.76. The van der Waals surface area contributed by atoms with Gasteiger partial charge in [0.2, 0.25) is 0 Å². The van der Waals surface area contributed by atoms with E-state index >= 15 is 0 Å². The highest BCUT2D eigenvalue weighted by Gasteiger charge is 2.61. The first-order valence-electron chi connectivity index (χ1n) is 10.1. The minimum atomic E-state index is 0.276. The van der Waals surface area contributed by atoms with E-state index in [0.29, 0.717) is 23.2 Å². The Morgan fingerprint density at radius 1 is 1.04 bits per heavy atom. The van der Waals surface area contributed by atoms with Crippen molar-refractivity contribution in [2.24, 2.45) is 34.5 Å². The predicted octanol–water partition coefficient (Wildman–Crippen LogP) is 4.24. The van der Waals surface area contributed by atoms with Crippen molar-refractivity contribution in [1.29, 1.82) is 0 Å². The van der Waals surface area contributed by atoms with Gasteiger partial charge in [0.25, 0.3) is 0 Å². The molecule has 4 saturated carbocycles. The number of methoxy groups -OCH3 is 2. The summed E-state index contributed by atoms with van der Waals surface area (Å²) < 4.78 is 11.7. The molecule has 4 aliphatic carbocycles. The predicted molar refractivity (Wildman–Crippen MR) is 93.7 cm³/mol. The van der Waals surface area contributed by atoms with Gasteiger partial charge in [-0.05, 0) is 74.0 Å². The van der Waals surface area contributed by atoms with Gasteiger partial charge < -0.3 is 9.47 Å². The number of fused-ring (bicyclic) bond motifs is 5. The van der Waals surface area contributed by atoms with Crippen molar-refractivity contribution in [2.45, 2.75) is 70.8 Å². The summed E-state index contributed by atoms with van der Waals surface area (Å²) >= 11 is 0. The SMILES string of the molecule is COC[C@]12CCC(=O)C[C@@H]1CC[C@H]1[C@@H]3CC[C@H](OC)[C@@]3(C)CC[C@@H]12. The fourth-order valence-corrected chi connectivity index (χ4v) is 7.74. The second kappa shape index (κ2) is 6.09. The summed E-state index contributed by atoms with van der Waals surface area (Å²) in [5, 5.41) is 0. The number of carbonyl (C=O) groups is 1. The third-order valence-electron chi connectivity index (χ3n) is 8.79. The molecular weight excluding hydrogens is 300 g/mol. The molecule has 0 unspecified atom stereocenters. The smallest absolute Gasteiger partial charge is 0.133 e. The Labute approximate surface area is 146 Å². The fraction of sp³-hybridized carbons (Fsp3) is 0.952. The second-order valence-corrected chi connectivity index (χ2v) is 9.41. The van der Waals surface area contributed by atoms with Crippen LogP contribution in [0.4, 0.5) is 0 Å². The molecule has 4 rings (SSSR count). The molecule has 3 heteroatoms. The molecule has 0 spiro atoms. The molecule has 0 N–H and O–H groups in total. The number of carbonyl (C=O) groups excluding carboxylic acids is 1. The molecule has 0 aliphatic heterocycles. The van der Waals surface area contributed by atoms with Gasteiger partial charge >= 0.3 is 0 Å². The average molecular weight is 335 g/mol. The van der Waals surface area contributed by atoms with E-state index in [1.165, 1.54) is 38.5 Å². The van der Waals surface area contributed by atoms with Crippen molar-refractivity contribution in [3.05, 3.63) is 0 Å². The Hall–Kier alpha value is -0.410. The number of Topliss-reactive ketones (excluding diaryl/α,β-unsaturated/α-hetero) is 1. The van der Waals surface area contributed by atoms with Crippen LogP contribution in [0.2, 0.25) is 0 Å². The number of ether oxygens (including phenoxy) is 2. The first-order chi connectivity index (χ1) is 11.5. The molecular formula is C21H34O3. The molecule has 0 saturated heterocycles. The monoisotopic (exact) mass is 334 g/mol. The largest absolute Gasteiger partial charge is 0.384 e. The molecule has 0 bridgehead atoms. The third kappa shape index (κ3) is 2.26. The molecule has 4 aliphatic rings. The molecule has 0 amide bonds. The molecule has 0 heterocycles. The maximum atomic E-state index is 12.1. The topological polar surface area (TPSA) is 35.5 Å². The van der Waals surface area contributed by atoms with Crippen molar-refractivity contribution < 1.29 is 14.3 Å². The van der Waals surface area contributed by atoms with Crippen LogP contribution < -0.4 is 0 Å². The van der Waals surface area contributed by atoms with Gasteiger partial charge in [0.1, 0.15) is 5.78 Å². The summed E-state index contributed by atoms with van der Waals surface area (Å²) in [5.41, 5.74) is 0.652. The Morgan fingerprint density at radius 3 is 2.62 bits per heavy atom. The van der Waals surface area contributed by atoms with Crippen LogP contribution in [0, 0.1) is 34.5 Å². The zero-order valence-electron chi connectivity index (χ0n) is 15.7. The molecule has 7 atom stereocenters. The summed E-state index contributed by atoms with van der Waals surface area (Å²) in [6, 6.07) is 0. The Balaban J connectivity index is 1.65. The quantitative estimate of drug-likeness (QED) is 0.774. The van der Waals surface area contributed by atoms with Crippen molar-refractivity contribution in [1.82, 2.24) is 0 Å². The van der Waals surface area contributed by atoms with Gasteiger partial charge in [-0.25, -0.2) is 0 Å². The zero-order valence-corrected chi connectivity index (χ0v) is 15.7. The Kier molecular flexibility index (Phi) is 4.32. The minimum absolute atomic E-state index is 0.276. The van der Waals surface area contributed by atoms with E-state index < -0.39 is 0 Å². The number of ketones is 1. The van der Waals surface area contributed by atoms with Crippen LogP contribution in [-0.4, -0.2) is 32.7 Å². The molecule has 4 fully saturated rings. The van der Waals surface area contributed by atoms with Crippen molar-refractivity contribution in [3.63, 3.8) is 0 Å². The standard InChI is InChI=1S/C21H34O3/c1-20-10-9-18-16(17(20)6-7-19(20)24-3)5-4-14-12-15(22)8-11-21(14,18)13-23-2/h14,16-19H,4-13H2,1-3H3/t14-,16-,17-,18-,19-,20-,21+/m0/s1. The van der Waals surface area contributed by atoms with Gasteiger partial charge in [0.05, 0.1) is 12.7 Å². The van der Waals surface area contributed by atoms with Crippen LogP contribution in [0.3, 0.4) is 0 Å². The maximum Gasteiger partial charge on any atom is 0.133 e. The van der Waals surface area contributed by atoms with Gasteiger partial charge in [0, 0.05) is 32.5 Å². The van der Waals surface area contributed by atoms with E-state index in [4.69, 9.17) is 9.47 Å². The first-order valence-corrected chi connectivity index (χ1v) is 10.1. The summed E-state index contributed by atoms with van der Waals surface area (Å²) in [6.07, 6.45) is 10.9. The lowest BCUT2D eigenvalue weighted by atomic mass is 9.45. The van der Waals surface area contributed by atoms with Gasteiger partial charge in [-0.1, -0.05) is 6.92 Å². The Bertz CT molecular complexity index is 503. The normalized spacial score (nSPS) is 51.0. The van der Waals surface area contributed by atoms with E-state index in [0.717, 1.165) is 43.6 Å². The van der Waals surface area contributed by atoms with Crippen LogP contribution >= 0.6 is 0 Å². The fourth-order valence-electron chi connectivity index (χ4n) is 7.74. The highest BCUT2D eigenvalue weighted by molar-refractivity contribution is 5.79. The minimum Gasteiger partial charge on any atom is -0.384 e. The molecule has 0 aromatic carbocycles. The van der Waals surface area contributed by atoms with Crippen LogP contribution in [0.15, 0.2) is 0 Å².